The topological polar surface area (TPSA) is 67.6 Å². The van der Waals surface area contributed by atoms with Gasteiger partial charge in [0.05, 0.1) is 17.9 Å². The minimum atomic E-state index is 0.0394. The van der Waals surface area contributed by atoms with Gasteiger partial charge >= 0.3 is 0 Å². The molecule has 1 rings (SSSR count). The van der Waals surface area contributed by atoms with E-state index in [9.17, 15) is 0 Å². The second-order valence-corrected chi connectivity index (χ2v) is 3.83. The van der Waals surface area contributed by atoms with E-state index in [2.05, 4.69) is 29.3 Å². The fourth-order valence-corrected chi connectivity index (χ4v) is 1.28. The summed E-state index contributed by atoms with van der Waals surface area (Å²) in [7, 11) is 0. The van der Waals surface area contributed by atoms with Crippen molar-refractivity contribution in [3.05, 3.63) is 11.9 Å². The first-order valence-electron chi connectivity index (χ1n) is 4.81. The molecule has 0 amide bonds. The van der Waals surface area contributed by atoms with Crippen LogP contribution in [-0.2, 0) is 0 Å². The van der Waals surface area contributed by atoms with Crippen LogP contribution in [-0.4, -0.2) is 15.4 Å². The van der Waals surface area contributed by atoms with Gasteiger partial charge in [-0.05, 0) is 12.3 Å². The number of nitrogens with two attached hydrogens (primary N) is 1. The first kappa shape index (κ1) is 10.2. The van der Waals surface area contributed by atoms with Crippen LogP contribution < -0.4 is 5.73 Å². The number of aromatic nitrogens is 3. The van der Waals surface area contributed by atoms with Crippen LogP contribution in [0.15, 0.2) is 6.20 Å². The maximum absolute atomic E-state index is 5.90. The third-order valence-corrected chi connectivity index (χ3v) is 2.11. The van der Waals surface area contributed by atoms with Crippen LogP contribution in [0.2, 0.25) is 0 Å². The van der Waals surface area contributed by atoms with E-state index in [0.717, 1.165) is 24.5 Å². The normalized spacial score (nSPS) is 13.5. The number of H-pyrrole nitrogens is 1. The van der Waals surface area contributed by atoms with Crippen LogP contribution in [0.25, 0.3) is 0 Å². The summed E-state index contributed by atoms with van der Waals surface area (Å²) in [6.45, 7) is 4.45. The molecular weight excluding hydrogens is 164 g/mol. The summed E-state index contributed by atoms with van der Waals surface area (Å²) >= 11 is 0. The molecule has 1 heterocycles. The Hall–Kier alpha value is -0.900. The van der Waals surface area contributed by atoms with E-state index < -0.39 is 0 Å². The quantitative estimate of drug-likeness (QED) is 0.727. The molecule has 0 aliphatic carbocycles. The molecule has 74 valence electrons. The molecule has 0 aromatic carbocycles. The molecule has 1 atom stereocenters. The lowest BCUT2D eigenvalue weighted by Gasteiger charge is -2.08. The van der Waals surface area contributed by atoms with Gasteiger partial charge < -0.3 is 5.73 Å². The van der Waals surface area contributed by atoms with Gasteiger partial charge in [-0.15, -0.1) is 0 Å². The Morgan fingerprint density at radius 3 is 2.77 bits per heavy atom. The van der Waals surface area contributed by atoms with Gasteiger partial charge in [0.2, 0.25) is 0 Å². The average Bonchev–Trinajstić information content (AvgIpc) is 2.55. The summed E-state index contributed by atoms with van der Waals surface area (Å²) in [5.41, 5.74) is 6.77. The zero-order chi connectivity index (χ0) is 9.68. The average molecular weight is 182 g/mol. The van der Waals surface area contributed by atoms with Gasteiger partial charge in [-0.2, -0.15) is 15.4 Å². The van der Waals surface area contributed by atoms with Crippen molar-refractivity contribution in [2.24, 2.45) is 11.7 Å². The Kier molecular flexibility index (Phi) is 3.89. The molecule has 0 spiro atoms. The molecular formula is C9H18N4. The standard InChI is InChI=1S/C9H18N4/c1-7(2)4-3-5-8(10)9-6-11-13-12-9/h6-8H,3-5,10H2,1-2H3,(H,11,12,13). The molecule has 0 saturated heterocycles. The third-order valence-electron chi connectivity index (χ3n) is 2.11. The Labute approximate surface area is 78.9 Å². The molecule has 0 saturated carbocycles. The van der Waals surface area contributed by atoms with Gasteiger partial charge in [0, 0.05) is 0 Å². The van der Waals surface area contributed by atoms with Gasteiger partial charge in [0.25, 0.3) is 0 Å². The van der Waals surface area contributed by atoms with Gasteiger partial charge in [-0.25, -0.2) is 0 Å². The molecule has 0 bridgehead atoms. The number of hydrogen-bond acceptors (Lipinski definition) is 3. The smallest absolute Gasteiger partial charge is 0.0991 e. The van der Waals surface area contributed by atoms with E-state index in [1.807, 2.05) is 0 Å². The molecule has 0 aliphatic heterocycles. The zero-order valence-corrected chi connectivity index (χ0v) is 8.33. The van der Waals surface area contributed by atoms with E-state index in [4.69, 9.17) is 5.73 Å². The number of rotatable bonds is 5. The molecule has 3 N–H and O–H groups in total. The van der Waals surface area contributed by atoms with Crippen molar-refractivity contribution < 1.29 is 0 Å². The van der Waals surface area contributed by atoms with Crippen molar-refractivity contribution in [1.82, 2.24) is 15.4 Å². The number of nitrogens with one attached hydrogen (secondary N) is 1. The van der Waals surface area contributed by atoms with Gasteiger partial charge in [0.15, 0.2) is 0 Å². The minimum absolute atomic E-state index is 0.0394. The highest BCUT2D eigenvalue weighted by Crippen LogP contribution is 2.15. The first-order chi connectivity index (χ1) is 6.20. The van der Waals surface area contributed by atoms with E-state index in [-0.39, 0.29) is 6.04 Å². The van der Waals surface area contributed by atoms with Crippen molar-refractivity contribution >= 4 is 0 Å². The number of hydrogen-bond donors (Lipinski definition) is 2. The lowest BCUT2D eigenvalue weighted by atomic mass is 10.0. The predicted octanol–water partition coefficient (Wildman–Crippen LogP) is 1.63. The Balaban J connectivity index is 2.22. The van der Waals surface area contributed by atoms with E-state index in [1.165, 1.54) is 6.42 Å². The second kappa shape index (κ2) is 4.97. The SMILES string of the molecule is CC(C)CCCC(N)c1cn[nH]n1. The van der Waals surface area contributed by atoms with E-state index in [1.54, 1.807) is 6.20 Å². The Morgan fingerprint density at radius 2 is 2.23 bits per heavy atom. The highest BCUT2D eigenvalue weighted by molar-refractivity contribution is 4.97. The molecule has 0 radical (unpaired) electrons. The molecule has 1 unspecified atom stereocenters. The van der Waals surface area contributed by atoms with Crippen LogP contribution >= 0.6 is 0 Å². The summed E-state index contributed by atoms with van der Waals surface area (Å²) in [6, 6.07) is 0.0394. The van der Waals surface area contributed by atoms with E-state index in [0.29, 0.717) is 0 Å². The van der Waals surface area contributed by atoms with Crippen molar-refractivity contribution in [2.45, 2.75) is 39.2 Å². The van der Waals surface area contributed by atoms with Crippen molar-refractivity contribution in [1.29, 1.82) is 0 Å². The van der Waals surface area contributed by atoms with Gasteiger partial charge in [-0.3, -0.25) is 0 Å². The number of aromatic amines is 1. The monoisotopic (exact) mass is 182 g/mol. The summed E-state index contributed by atoms with van der Waals surface area (Å²) < 4.78 is 0. The minimum Gasteiger partial charge on any atom is -0.323 e. The van der Waals surface area contributed by atoms with Gasteiger partial charge in [-0.1, -0.05) is 26.7 Å². The first-order valence-corrected chi connectivity index (χ1v) is 4.81. The fraction of sp³-hybridized carbons (Fsp3) is 0.778. The third kappa shape index (κ3) is 3.55. The second-order valence-electron chi connectivity index (χ2n) is 3.83. The summed E-state index contributed by atoms with van der Waals surface area (Å²) in [5, 5.41) is 10.3. The Bertz CT molecular complexity index is 218. The fourth-order valence-electron chi connectivity index (χ4n) is 1.28. The molecule has 4 nitrogen and oxygen atoms in total. The Morgan fingerprint density at radius 1 is 1.46 bits per heavy atom. The van der Waals surface area contributed by atoms with Crippen LogP contribution in [0.1, 0.15) is 44.8 Å². The molecule has 4 heteroatoms. The highest BCUT2D eigenvalue weighted by atomic mass is 15.3. The lowest BCUT2D eigenvalue weighted by Crippen LogP contribution is -2.10. The van der Waals surface area contributed by atoms with Crippen LogP contribution in [0, 0.1) is 5.92 Å². The molecule has 0 aliphatic rings. The summed E-state index contributed by atoms with van der Waals surface area (Å²) in [6.07, 6.45) is 5.07. The summed E-state index contributed by atoms with van der Waals surface area (Å²) in [5.74, 6) is 0.754. The van der Waals surface area contributed by atoms with Crippen molar-refractivity contribution in [2.75, 3.05) is 0 Å². The van der Waals surface area contributed by atoms with Crippen molar-refractivity contribution in [3.63, 3.8) is 0 Å². The van der Waals surface area contributed by atoms with Crippen LogP contribution in [0.3, 0.4) is 0 Å². The maximum Gasteiger partial charge on any atom is 0.0991 e. The molecule has 1 aromatic rings. The predicted molar refractivity (Wildman–Crippen MR) is 52.0 cm³/mol. The number of nitrogens with zero attached hydrogens (tertiary/aromatic N) is 2. The summed E-state index contributed by atoms with van der Waals surface area (Å²) in [4.78, 5) is 0. The van der Waals surface area contributed by atoms with Crippen LogP contribution in [0.4, 0.5) is 0 Å². The van der Waals surface area contributed by atoms with Crippen LogP contribution in [0.5, 0.6) is 0 Å². The lowest BCUT2D eigenvalue weighted by molar-refractivity contribution is 0.501. The molecule has 0 fully saturated rings. The molecule has 1 aromatic heterocycles. The molecule has 13 heavy (non-hydrogen) atoms. The highest BCUT2D eigenvalue weighted by Gasteiger charge is 2.08. The zero-order valence-electron chi connectivity index (χ0n) is 8.33. The largest absolute Gasteiger partial charge is 0.323 e. The maximum atomic E-state index is 5.90. The van der Waals surface area contributed by atoms with E-state index >= 15 is 0 Å². The van der Waals surface area contributed by atoms with Gasteiger partial charge in [0.1, 0.15) is 0 Å². The van der Waals surface area contributed by atoms with Crippen molar-refractivity contribution in [3.8, 4) is 0 Å².